The Morgan fingerprint density at radius 1 is 0.277 bits per heavy atom. The summed E-state index contributed by atoms with van der Waals surface area (Å²) in [5.74, 6) is 2.45. The van der Waals surface area contributed by atoms with Crippen LogP contribution in [0.5, 0.6) is 28.7 Å². The molecule has 0 radical (unpaired) electrons. The lowest BCUT2D eigenvalue weighted by atomic mass is 10.1. The van der Waals surface area contributed by atoms with E-state index in [0.717, 1.165) is 33.4 Å². The molecule has 0 saturated heterocycles. The van der Waals surface area contributed by atoms with Gasteiger partial charge in [0.25, 0.3) is 0 Å². The number of ether oxygens (including phenoxy) is 5. The largest absolute Gasteiger partial charge is 0.484 e. The number of hydrogen-bond donors (Lipinski definition) is 0. The van der Waals surface area contributed by atoms with Crippen molar-refractivity contribution < 1.29 is 23.7 Å². The zero-order chi connectivity index (χ0) is 32.1. The van der Waals surface area contributed by atoms with E-state index in [4.69, 9.17) is 23.7 Å². The molecule has 0 atom stereocenters. The summed E-state index contributed by atoms with van der Waals surface area (Å²) in [6, 6.07) is 50.3. The van der Waals surface area contributed by atoms with Gasteiger partial charge < -0.3 is 23.7 Å². The van der Waals surface area contributed by atoms with Crippen molar-refractivity contribution in [2.24, 2.45) is 0 Å². The number of benzene rings is 6. The summed E-state index contributed by atoms with van der Waals surface area (Å²) in [6.45, 7) is 3.57. The van der Waals surface area contributed by atoms with E-state index in [-0.39, 0.29) is 0 Å². The van der Waals surface area contributed by atoms with Gasteiger partial charge in [0.05, 0.1) is 0 Å². The molecule has 0 heterocycles. The molecule has 0 saturated carbocycles. The number of hydrogen-bond acceptors (Lipinski definition) is 5. The van der Waals surface area contributed by atoms with Crippen LogP contribution in [0.3, 0.4) is 0 Å². The van der Waals surface area contributed by atoms with Crippen LogP contribution < -0.4 is 23.7 Å². The molecule has 0 bridgehead atoms. The molecular formula is C42H38O5. The molecule has 0 aliphatic carbocycles. The van der Waals surface area contributed by atoms with Crippen molar-refractivity contribution in [2.75, 3.05) is 0 Å². The summed E-state index contributed by atoms with van der Waals surface area (Å²) in [5, 5.41) is 0. The molecule has 0 aliphatic heterocycles. The molecule has 0 fully saturated rings. The van der Waals surface area contributed by atoms with Crippen molar-refractivity contribution in [3.8, 4) is 28.7 Å². The molecule has 0 spiro atoms. The van der Waals surface area contributed by atoms with Crippen LogP contribution in [0.25, 0.3) is 0 Å². The van der Waals surface area contributed by atoms with Gasteiger partial charge in [-0.05, 0) is 34.7 Å². The normalized spacial score (nSPS) is 10.7. The summed E-state index contributed by atoms with van der Waals surface area (Å²) in [5.41, 5.74) is 5.87. The quantitative estimate of drug-likeness (QED) is 0.114. The van der Waals surface area contributed by atoms with Gasteiger partial charge in [-0.3, -0.25) is 0 Å². The fourth-order valence-electron chi connectivity index (χ4n) is 5.14. The molecule has 6 rings (SSSR count). The Labute approximate surface area is 276 Å². The predicted molar refractivity (Wildman–Crippen MR) is 185 cm³/mol. The van der Waals surface area contributed by atoms with Crippen LogP contribution in [0, 0.1) is 6.92 Å². The van der Waals surface area contributed by atoms with Gasteiger partial charge in [0, 0.05) is 5.56 Å². The maximum Gasteiger partial charge on any atom is 0.211 e. The fourth-order valence-corrected chi connectivity index (χ4v) is 5.14. The summed E-state index contributed by atoms with van der Waals surface area (Å²) >= 11 is 0. The van der Waals surface area contributed by atoms with Crippen LogP contribution in [-0.2, 0) is 33.0 Å². The van der Waals surface area contributed by atoms with Crippen molar-refractivity contribution in [1.82, 2.24) is 0 Å². The maximum absolute atomic E-state index is 6.66. The minimum atomic E-state index is 0.295. The van der Waals surface area contributed by atoms with E-state index >= 15 is 0 Å². The molecule has 6 aromatic rings. The third-order valence-electron chi connectivity index (χ3n) is 7.64. The lowest BCUT2D eigenvalue weighted by molar-refractivity contribution is 0.199. The Morgan fingerprint density at radius 3 is 0.702 bits per heavy atom. The van der Waals surface area contributed by atoms with Crippen LogP contribution in [0.2, 0.25) is 0 Å². The van der Waals surface area contributed by atoms with E-state index in [9.17, 15) is 0 Å². The van der Waals surface area contributed by atoms with Crippen LogP contribution in [-0.4, -0.2) is 0 Å². The summed E-state index contributed by atoms with van der Waals surface area (Å²) in [4.78, 5) is 0. The number of rotatable bonds is 15. The predicted octanol–water partition coefficient (Wildman–Crippen LogP) is 9.89. The Kier molecular flexibility index (Phi) is 10.7. The summed E-state index contributed by atoms with van der Waals surface area (Å²) in [6.07, 6.45) is 0. The maximum atomic E-state index is 6.66. The lowest BCUT2D eigenvalue weighted by Crippen LogP contribution is -2.10. The Balaban J connectivity index is 1.47. The SMILES string of the molecule is Cc1c(OCc2ccccc2)c(OCc2ccccc2)c(OCc2ccccc2)c(OCc2ccccc2)c1OCc1ccccc1. The molecule has 0 amide bonds. The van der Waals surface area contributed by atoms with E-state index in [1.165, 1.54) is 0 Å². The van der Waals surface area contributed by atoms with Gasteiger partial charge in [-0.1, -0.05) is 152 Å². The Bertz CT molecular complexity index is 1700. The highest BCUT2D eigenvalue weighted by atomic mass is 16.6. The highest BCUT2D eigenvalue weighted by molar-refractivity contribution is 5.70. The first-order valence-electron chi connectivity index (χ1n) is 15.8. The second kappa shape index (κ2) is 16.1. The van der Waals surface area contributed by atoms with Crippen molar-refractivity contribution in [3.63, 3.8) is 0 Å². The Morgan fingerprint density at radius 2 is 0.468 bits per heavy atom. The van der Waals surface area contributed by atoms with Crippen molar-refractivity contribution >= 4 is 0 Å². The minimum absolute atomic E-state index is 0.295. The molecule has 5 nitrogen and oxygen atoms in total. The van der Waals surface area contributed by atoms with Gasteiger partial charge in [0.2, 0.25) is 17.2 Å². The topological polar surface area (TPSA) is 46.2 Å². The van der Waals surface area contributed by atoms with Gasteiger partial charge in [-0.25, -0.2) is 0 Å². The molecule has 5 heteroatoms. The average molecular weight is 623 g/mol. The van der Waals surface area contributed by atoms with Crippen LogP contribution in [0.1, 0.15) is 33.4 Å². The van der Waals surface area contributed by atoms with Gasteiger partial charge in [0.1, 0.15) is 33.0 Å². The molecular weight excluding hydrogens is 584 g/mol. The van der Waals surface area contributed by atoms with E-state index in [0.29, 0.717) is 61.8 Å². The van der Waals surface area contributed by atoms with E-state index in [1.54, 1.807) is 0 Å². The second-order valence-electron chi connectivity index (χ2n) is 11.1. The highest BCUT2D eigenvalue weighted by Gasteiger charge is 2.29. The monoisotopic (exact) mass is 622 g/mol. The van der Waals surface area contributed by atoms with Crippen molar-refractivity contribution in [3.05, 3.63) is 185 Å². The van der Waals surface area contributed by atoms with E-state index < -0.39 is 0 Å². The van der Waals surface area contributed by atoms with E-state index in [1.807, 2.05) is 159 Å². The fraction of sp³-hybridized carbons (Fsp3) is 0.143. The molecule has 0 N–H and O–H groups in total. The third kappa shape index (κ3) is 8.53. The molecule has 236 valence electrons. The molecule has 47 heavy (non-hydrogen) atoms. The smallest absolute Gasteiger partial charge is 0.211 e. The van der Waals surface area contributed by atoms with Crippen LogP contribution in [0.4, 0.5) is 0 Å². The van der Waals surface area contributed by atoms with Crippen LogP contribution >= 0.6 is 0 Å². The zero-order valence-corrected chi connectivity index (χ0v) is 26.5. The lowest BCUT2D eigenvalue weighted by Gasteiger charge is -2.25. The summed E-state index contributed by atoms with van der Waals surface area (Å²) < 4.78 is 33.1. The van der Waals surface area contributed by atoms with Crippen LogP contribution in [0.15, 0.2) is 152 Å². The first-order valence-corrected chi connectivity index (χ1v) is 15.8. The second-order valence-corrected chi connectivity index (χ2v) is 11.1. The Hall–Kier alpha value is -5.68. The van der Waals surface area contributed by atoms with Crippen molar-refractivity contribution in [1.29, 1.82) is 0 Å². The molecule has 0 aromatic heterocycles. The first-order chi connectivity index (χ1) is 23.2. The highest BCUT2D eigenvalue weighted by Crippen LogP contribution is 2.54. The molecule has 6 aromatic carbocycles. The first kappa shape index (κ1) is 31.3. The zero-order valence-electron chi connectivity index (χ0n) is 26.5. The standard InChI is InChI=1S/C42H38O5/c1-32-38(43-27-33-17-7-2-8-18-33)40(45-29-35-21-11-4-12-22-35)42(47-31-37-25-15-6-16-26-37)41(46-30-36-23-13-5-14-24-36)39(32)44-28-34-19-9-3-10-20-34/h2-26H,27-31H2,1H3. The van der Waals surface area contributed by atoms with Gasteiger partial charge in [0.15, 0.2) is 11.5 Å². The third-order valence-corrected chi connectivity index (χ3v) is 7.64. The minimum Gasteiger partial charge on any atom is -0.484 e. The summed E-state index contributed by atoms with van der Waals surface area (Å²) in [7, 11) is 0. The van der Waals surface area contributed by atoms with Gasteiger partial charge in [-0.15, -0.1) is 0 Å². The van der Waals surface area contributed by atoms with Gasteiger partial charge in [-0.2, -0.15) is 0 Å². The molecule has 0 aliphatic rings. The van der Waals surface area contributed by atoms with Crippen molar-refractivity contribution in [2.45, 2.75) is 40.0 Å². The average Bonchev–Trinajstić information content (AvgIpc) is 3.14. The van der Waals surface area contributed by atoms with Gasteiger partial charge >= 0.3 is 0 Å². The molecule has 0 unspecified atom stereocenters. The van der Waals surface area contributed by atoms with E-state index in [2.05, 4.69) is 0 Å².